The lowest BCUT2D eigenvalue weighted by molar-refractivity contribution is 0.0104. The number of aryl methyl sites for hydroxylation is 1. The van der Waals surface area contributed by atoms with E-state index in [-0.39, 0.29) is 6.10 Å². The molecule has 0 spiro atoms. The van der Waals surface area contributed by atoms with Crippen molar-refractivity contribution in [1.82, 2.24) is 0 Å². The first-order valence-corrected chi connectivity index (χ1v) is 6.92. The summed E-state index contributed by atoms with van der Waals surface area (Å²) >= 11 is 0. The normalized spacial score (nSPS) is 17.6. The summed E-state index contributed by atoms with van der Waals surface area (Å²) in [5.41, 5.74) is 10.4. The van der Waals surface area contributed by atoms with Crippen molar-refractivity contribution >= 4 is 5.69 Å². The fourth-order valence-corrected chi connectivity index (χ4v) is 2.58. The van der Waals surface area contributed by atoms with Crippen LogP contribution in [0.1, 0.15) is 22.8 Å². The van der Waals surface area contributed by atoms with Crippen molar-refractivity contribution < 1.29 is 9.47 Å². The molecule has 1 unspecified atom stereocenters. The van der Waals surface area contributed by atoms with E-state index in [2.05, 4.69) is 18.2 Å². The molecule has 2 N–H and O–H groups in total. The van der Waals surface area contributed by atoms with Gasteiger partial charge in [-0.3, -0.25) is 0 Å². The van der Waals surface area contributed by atoms with Crippen LogP contribution >= 0.6 is 0 Å². The van der Waals surface area contributed by atoms with E-state index in [1.54, 1.807) is 0 Å². The van der Waals surface area contributed by atoms with Crippen molar-refractivity contribution in [1.29, 1.82) is 0 Å². The maximum atomic E-state index is 5.97. The van der Waals surface area contributed by atoms with Crippen molar-refractivity contribution in [2.24, 2.45) is 0 Å². The average molecular weight is 269 g/mol. The molecule has 1 atom stereocenters. The molecule has 0 aliphatic carbocycles. The maximum Gasteiger partial charge on any atom is 0.142 e. The van der Waals surface area contributed by atoms with Crippen molar-refractivity contribution in [2.45, 2.75) is 19.4 Å². The van der Waals surface area contributed by atoms with E-state index in [0.717, 1.165) is 24.3 Å². The van der Waals surface area contributed by atoms with Crippen LogP contribution in [0.25, 0.3) is 0 Å². The van der Waals surface area contributed by atoms with Gasteiger partial charge in [0.2, 0.25) is 0 Å². The van der Waals surface area contributed by atoms with E-state index in [4.69, 9.17) is 15.2 Å². The first kappa shape index (κ1) is 13.0. The molecule has 20 heavy (non-hydrogen) atoms. The average Bonchev–Trinajstić information content (AvgIpc) is 2.46. The van der Waals surface area contributed by atoms with Gasteiger partial charge >= 0.3 is 0 Å². The molecule has 0 amide bonds. The molecule has 0 radical (unpaired) electrons. The van der Waals surface area contributed by atoms with Crippen LogP contribution in [0.2, 0.25) is 0 Å². The Morgan fingerprint density at radius 2 is 2.10 bits per heavy atom. The predicted octanol–water partition coefficient (Wildman–Crippen LogP) is 3.27. The van der Waals surface area contributed by atoms with Crippen LogP contribution in [-0.2, 0) is 11.2 Å². The Hall–Kier alpha value is -2.00. The Balaban J connectivity index is 1.73. The number of anilines is 1. The summed E-state index contributed by atoms with van der Waals surface area (Å²) in [5.74, 6) is 0.724. The first-order chi connectivity index (χ1) is 9.74. The molecule has 0 saturated heterocycles. The third-order valence-corrected chi connectivity index (χ3v) is 3.65. The number of hydrogen-bond acceptors (Lipinski definition) is 3. The van der Waals surface area contributed by atoms with Gasteiger partial charge < -0.3 is 15.2 Å². The molecular weight excluding hydrogens is 250 g/mol. The molecule has 3 nitrogen and oxygen atoms in total. The van der Waals surface area contributed by atoms with E-state index >= 15 is 0 Å². The van der Waals surface area contributed by atoms with Gasteiger partial charge in [-0.1, -0.05) is 30.3 Å². The van der Waals surface area contributed by atoms with Crippen molar-refractivity contribution in [2.75, 3.05) is 18.9 Å². The molecule has 1 aliphatic rings. The van der Waals surface area contributed by atoms with Gasteiger partial charge in [0.25, 0.3) is 0 Å². The minimum Gasteiger partial charge on any atom is -0.488 e. The van der Waals surface area contributed by atoms with Crippen molar-refractivity contribution in [3.8, 4) is 5.75 Å². The van der Waals surface area contributed by atoms with Crippen molar-refractivity contribution in [3.05, 3.63) is 59.2 Å². The molecule has 1 aliphatic heterocycles. The summed E-state index contributed by atoms with van der Waals surface area (Å²) in [6.07, 6.45) is 0.958. The summed E-state index contributed by atoms with van der Waals surface area (Å²) in [5, 5.41) is 0. The number of nitrogen functional groups attached to an aromatic ring is 1. The highest BCUT2D eigenvalue weighted by molar-refractivity contribution is 5.54. The molecule has 2 aromatic carbocycles. The van der Waals surface area contributed by atoms with Gasteiger partial charge in [0.05, 0.1) is 12.3 Å². The number of nitrogens with two attached hydrogens (primary N) is 1. The molecule has 2 aromatic rings. The van der Waals surface area contributed by atoms with E-state index in [0.29, 0.717) is 12.3 Å². The molecule has 0 bridgehead atoms. The number of rotatable bonds is 3. The largest absolute Gasteiger partial charge is 0.488 e. The first-order valence-electron chi connectivity index (χ1n) is 6.92. The monoisotopic (exact) mass is 269 g/mol. The van der Waals surface area contributed by atoms with Gasteiger partial charge in [-0.2, -0.15) is 0 Å². The molecule has 3 heteroatoms. The smallest absolute Gasteiger partial charge is 0.142 e. The molecule has 104 valence electrons. The zero-order chi connectivity index (χ0) is 13.9. The summed E-state index contributed by atoms with van der Waals surface area (Å²) in [7, 11) is 0. The van der Waals surface area contributed by atoms with E-state index in [1.165, 1.54) is 11.1 Å². The number of benzene rings is 2. The minimum absolute atomic E-state index is 0.0133. The highest BCUT2D eigenvalue weighted by atomic mass is 16.5. The van der Waals surface area contributed by atoms with Crippen LogP contribution < -0.4 is 10.5 Å². The van der Waals surface area contributed by atoms with Gasteiger partial charge in [-0.15, -0.1) is 0 Å². The lowest BCUT2D eigenvalue weighted by Crippen LogP contribution is -2.21. The van der Waals surface area contributed by atoms with E-state index in [9.17, 15) is 0 Å². The van der Waals surface area contributed by atoms with Crippen LogP contribution in [0.3, 0.4) is 0 Å². The summed E-state index contributed by atoms with van der Waals surface area (Å²) in [6.45, 7) is 3.25. The highest BCUT2D eigenvalue weighted by Crippen LogP contribution is 2.29. The Labute approximate surface area is 119 Å². The fraction of sp³-hybridized carbons (Fsp3) is 0.294. The third kappa shape index (κ3) is 2.63. The Kier molecular flexibility index (Phi) is 3.61. The van der Waals surface area contributed by atoms with Gasteiger partial charge in [-0.05, 0) is 42.2 Å². The zero-order valence-corrected chi connectivity index (χ0v) is 11.6. The SMILES string of the molecule is Cc1ccc(OCC2OCCc3ccccc32)c(N)c1. The number of ether oxygens (including phenoxy) is 2. The van der Waals surface area contributed by atoms with Crippen LogP contribution in [0.5, 0.6) is 5.75 Å². The third-order valence-electron chi connectivity index (χ3n) is 3.65. The molecule has 0 aromatic heterocycles. The second kappa shape index (κ2) is 5.55. The predicted molar refractivity (Wildman–Crippen MR) is 79.9 cm³/mol. The van der Waals surface area contributed by atoms with Crippen LogP contribution in [-0.4, -0.2) is 13.2 Å². The summed E-state index contributed by atoms with van der Waals surface area (Å²) in [6, 6.07) is 14.2. The Bertz CT molecular complexity index is 610. The Morgan fingerprint density at radius 3 is 2.95 bits per heavy atom. The van der Waals surface area contributed by atoms with Crippen molar-refractivity contribution in [3.63, 3.8) is 0 Å². The highest BCUT2D eigenvalue weighted by Gasteiger charge is 2.21. The lowest BCUT2D eigenvalue weighted by Gasteiger charge is -2.26. The van der Waals surface area contributed by atoms with E-state index in [1.807, 2.05) is 31.2 Å². The molecular formula is C17H19NO2. The topological polar surface area (TPSA) is 44.5 Å². The number of hydrogen-bond donors (Lipinski definition) is 1. The van der Waals surface area contributed by atoms with Gasteiger partial charge in [0.1, 0.15) is 18.5 Å². The zero-order valence-electron chi connectivity index (χ0n) is 11.6. The van der Waals surface area contributed by atoms with Crippen LogP contribution in [0.4, 0.5) is 5.69 Å². The summed E-state index contributed by atoms with van der Waals surface area (Å²) in [4.78, 5) is 0. The van der Waals surface area contributed by atoms with Gasteiger partial charge in [0, 0.05) is 0 Å². The molecule has 0 fully saturated rings. The van der Waals surface area contributed by atoms with Crippen LogP contribution in [0.15, 0.2) is 42.5 Å². The summed E-state index contributed by atoms with van der Waals surface area (Å²) < 4.78 is 11.7. The van der Waals surface area contributed by atoms with Gasteiger partial charge in [0.15, 0.2) is 0 Å². The number of fused-ring (bicyclic) bond motifs is 1. The minimum atomic E-state index is -0.0133. The standard InChI is InChI=1S/C17H19NO2/c1-12-6-7-16(15(18)10-12)20-11-17-14-5-3-2-4-13(14)8-9-19-17/h2-7,10,17H,8-9,11,18H2,1H3. The molecule has 3 rings (SSSR count). The van der Waals surface area contributed by atoms with E-state index < -0.39 is 0 Å². The molecule has 0 saturated carbocycles. The van der Waals surface area contributed by atoms with Gasteiger partial charge in [-0.25, -0.2) is 0 Å². The maximum absolute atomic E-state index is 5.97. The fourth-order valence-electron chi connectivity index (χ4n) is 2.58. The Morgan fingerprint density at radius 1 is 1.25 bits per heavy atom. The quantitative estimate of drug-likeness (QED) is 0.870. The second-order valence-corrected chi connectivity index (χ2v) is 5.16. The lowest BCUT2D eigenvalue weighted by atomic mass is 9.98. The molecule has 1 heterocycles. The second-order valence-electron chi connectivity index (χ2n) is 5.16. The van der Waals surface area contributed by atoms with Crippen LogP contribution in [0, 0.1) is 6.92 Å².